The standard InChI is InChI=1S/C32H44N6O9/c33-17-19-4-8-22(9-5-19)28(41)36-26(16-20-6-7-21-12-14-34-18-23(21)15-20)29(42)35-13-2-1-3-24(30(43)44)37-32(47)38-25(31(45)46)10-11-27(39)40/h6-7,12,14-15,18-19,22,24-26H,1-5,8-11,13,16-17,33H2,(H,35,42)(H,36,41)(H,39,40)(H,43,44)(H,45,46)(H2,37,38,47)/t19?,22?,24-,25-,26+/m0/s1. The van der Waals surface area contributed by atoms with Gasteiger partial charge in [0.1, 0.15) is 18.1 Å². The molecule has 0 saturated heterocycles. The van der Waals surface area contributed by atoms with Crippen LogP contribution in [0.4, 0.5) is 4.79 Å². The number of aromatic nitrogens is 1. The Morgan fingerprint density at radius 2 is 1.51 bits per heavy atom. The van der Waals surface area contributed by atoms with Gasteiger partial charge >= 0.3 is 23.9 Å². The molecule has 1 aromatic carbocycles. The molecule has 2 aromatic rings. The predicted octanol–water partition coefficient (Wildman–Crippen LogP) is 1.38. The number of aliphatic carboxylic acids is 3. The lowest BCUT2D eigenvalue weighted by molar-refractivity contribution is -0.141. The summed E-state index contributed by atoms with van der Waals surface area (Å²) < 4.78 is 0. The molecule has 15 nitrogen and oxygen atoms in total. The zero-order valence-electron chi connectivity index (χ0n) is 26.2. The Bertz CT molecular complexity index is 1410. The Kier molecular flexibility index (Phi) is 14.3. The molecule has 256 valence electrons. The van der Waals surface area contributed by atoms with Crippen molar-refractivity contribution < 1.29 is 44.1 Å². The lowest BCUT2D eigenvalue weighted by Gasteiger charge is -2.28. The van der Waals surface area contributed by atoms with Gasteiger partial charge < -0.3 is 42.3 Å². The first kappa shape index (κ1) is 36.7. The monoisotopic (exact) mass is 656 g/mol. The van der Waals surface area contributed by atoms with Crippen LogP contribution in [0.3, 0.4) is 0 Å². The number of carboxylic acids is 3. The molecule has 1 aromatic heterocycles. The molecule has 1 aliphatic rings. The number of carbonyl (C=O) groups excluding carboxylic acids is 3. The van der Waals surface area contributed by atoms with E-state index in [1.165, 1.54) is 0 Å². The molecule has 0 aliphatic heterocycles. The molecule has 0 unspecified atom stereocenters. The van der Waals surface area contributed by atoms with Gasteiger partial charge in [0.15, 0.2) is 0 Å². The first-order valence-electron chi connectivity index (χ1n) is 15.8. The van der Waals surface area contributed by atoms with Crippen LogP contribution in [-0.2, 0) is 30.4 Å². The first-order chi connectivity index (χ1) is 22.5. The van der Waals surface area contributed by atoms with E-state index in [1.807, 2.05) is 24.3 Å². The van der Waals surface area contributed by atoms with Gasteiger partial charge in [-0.25, -0.2) is 14.4 Å². The topological polar surface area (TPSA) is 250 Å². The van der Waals surface area contributed by atoms with E-state index < -0.39 is 48.5 Å². The van der Waals surface area contributed by atoms with Crippen LogP contribution in [0.25, 0.3) is 10.8 Å². The molecular formula is C32H44N6O9. The summed E-state index contributed by atoms with van der Waals surface area (Å²) in [7, 11) is 0. The van der Waals surface area contributed by atoms with Crippen LogP contribution < -0.4 is 27.0 Å². The molecule has 1 saturated carbocycles. The second-order valence-corrected chi connectivity index (χ2v) is 11.9. The fraction of sp³-hybridized carbons (Fsp3) is 0.531. The predicted molar refractivity (Wildman–Crippen MR) is 170 cm³/mol. The Balaban J connectivity index is 1.54. The van der Waals surface area contributed by atoms with Crippen molar-refractivity contribution in [2.24, 2.45) is 17.6 Å². The van der Waals surface area contributed by atoms with Crippen molar-refractivity contribution in [1.29, 1.82) is 0 Å². The van der Waals surface area contributed by atoms with Crippen LogP contribution in [0.15, 0.2) is 36.7 Å². The molecule has 3 atom stereocenters. The van der Waals surface area contributed by atoms with Gasteiger partial charge in [0.05, 0.1) is 0 Å². The highest BCUT2D eigenvalue weighted by molar-refractivity contribution is 5.89. The number of hydrogen-bond acceptors (Lipinski definition) is 8. The fourth-order valence-corrected chi connectivity index (χ4v) is 5.61. The van der Waals surface area contributed by atoms with Crippen molar-refractivity contribution in [3.63, 3.8) is 0 Å². The van der Waals surface area contributed by atoms with E-state index in [-0.39, 0.29) is 50.0 Å². The highest BCUT2D eigenvalue weighted by Gasteiger charge is 2.29. The second-order valence-electron chi connectivity index (χ2n) is 11.9. The normalized spacial score (nSPS) is 17.9. The highest BCUT2D eigenvalue weighted by Crippen LogP contribution is 2.28. The average molecular weight is 657 g/mol. The minimum absolute atomic E-state index is 0.0117. The van der Waals surface area contributed by atoms with Gasteiger partial charge in [-0.2, -0.15) is 0 Å². The van der Waals surface area contributed by atoms with E-state index in [4.69, 9.17) is 10.8 Å². The summed E-state index contributed by atoms with van der Waals surface area (Å²) in [5.41, 5.74) is 6.64. The summed E-state index contributed by atoms with van der Waals surface area (Å²) in [6, 6.07) is 2.91. The number of urea groups is 1. The second kappa shape index (κ2) is 18.4. The van der Waals surface area contributed by atoms with Crippen LogP contribution in [-0.4, -0.2) is 87.3 Å². The lowest BCUT2D eigenvalue weighted by Crippen LogP contribution is -2.51. The molecular weight excluding hydrogens is 612 g/mol. The number of amides is 4. The summed E-state index contributed by atoms with van der Waals surface area (Å²) in [4.78, 5) is 76.7. The SMILES string of the molecule is NCC1CCC(C(=O)N[C@H](Cc2ccc3ccncc3c2)C(=O)NCCCC[C@H](NC(=O)N[C@@H](CCC(=O)O)C(=O)O)C(=O)O)CC1. The van der Waals surface area contributed by atoms with Gasteiger partial charge in [-0.05, 0) is 86.9 Å². The lowest BCUT2D eigenvalue weighted by atomic mass is 9.81. The number of nitrogens with one attached hydrogen (secondary N) is 4. The molecule has 1 heterocycles. The van der Waals surface area contributed by atoms with Crippen molar-refractivity contribution in [3.8, 4) is 0 Å². The summed E-state index contributed by atoms with van der Waals surface area (Å²) in [6.07, 6.45) is 6.60. The van der Waals surface area contributed by atoms with E-state index >= 15 is 0 Å². The molecule has 47 heavy (non-hydrogen) atoms. The molecule has 15 heteroatoms. The molecule has 0 spiro atoms. The molecule has 1 fully saturated rings. The third kappa shape index (κ3) is 12.2. The number of carbonyl (C=O) groups is 6. The number of fused-ring (bicyclic) bond motifs is 1. The zero-order chi connectivity index (χ0) is 34.3. The Morgan fingerprint density at radius 1 is 0.830 bits per heavy atom. The minimum atomic E-state index is -1.50. The minimum Gasteiger partial charge on any atom is -0.481 e. The fourth-order valence-electron chi connectivity index (χ4n) is 5.61. The van der Waals surface area contributed by atoms with Gasteiger partial charge in [-0.15, -0.1) is 0 Å². The number of nitrogens with zero attached hydrogens (tertiary/aromatic N) is 1. The van der Waals surface area contributed by atoms with Crippen LogP contribution in [0.1, 0.15) is 63.4 Å². The average Bonchev–Trinajstić information content (AvgIpc) is 3.05. The van der Waals surface area contributed by atoms with Gasteiger partial charge in [0.2, 0.25) is 11.8 Å². The molecule has 0 bridgehead atoms. The van der Waals surface area contributed by atoms with Crippen LogP contribution in [0.5, 0.6) is 0 Å². The number of nitrogens with two attached hydrogens (primary N) is 1. The number of pyridine rings is 1. The summed E-state index contributed by atoms with van der Waals surface area (Å²) in [6.45, 7) is 0.774. The van der Waals surface area contributed by atoms with Crippen LogP contribution in [0.2, 0.25) is 0 Å². The number of hydrogen-bond donors (Lipinski definition) is 8. The summed E-state index contributed by atoms with van der Waals surface area (Å²) in [5.74, 6) is -4.38. The number of rotatable bonds is 18. The molecule has 9 N–H and O–H groups in total. The van der Waals surface area contributed by atoms with Crippen molar-refractivity contribution in [2.75, 3.05) is 13.1 Å². The third-order valence-electron chi connectivity index (χ3n) is 8.40. The van der Waals surface area contributed by atoms with E-state index in [1.54, 1.807) is 12.4 Å². The van der Waals surface area contributed by atoms with Crippen molar-refractivity contribution in [2.45, 2.75) is 82.3 Å². The smallest absolute Gasteiger partial charge is 0.326 e. The van der Waals surface area contributed by atoms with Crippen molar-refractivity contribution in [3.05, 3.63) is 42.2 Å². The maximum atomic E-state index is 13.3. The quantitative estimate of drug-likeness (QED) is 0.106. The van der Waals surface area contributed by atoms with E-state index in [9.17, 15) is 39.0 Å². The molecule has 1 aliphatic carbocycles. The van der Waals surface area contributed by atoms with Crippen LogP contribution >= 0.6 is 0 Å². The first-order valence-corrected chi connectivity index (χ1v) is 15.8. The van der Waals surface area contributed by atoms with Gasteiger partial charge in [-0.1, -0.05) is 12.1 Å². The largest absolute Gasteiger partial charge is 0.481 e. The van der Waals surface area contributed by atoms with Crippen molar-refractivity contribution >= 4 is 46.5 Å². The third-order valence-corrected chi connectivity index (χ3v) is 8.40. The van der Waals surface area contributed by atoms with Gasteiger partial charge in [0, 0.05) is 43.1 Å². The Labute approximate surface area is 272 Å². The van der Waals surface area contributed by atoms with Crippen molar-refractivity contribution in [1.82, 2.24) is 26.3 Å². The number of carboxylic acid groups (broad SMARTS) is 3. The zero-order valence-corrected chi connectivity index (χ0v) is 26.2. The maximum absolute atomic E-state index is 13.3. The van der Waals surface area contributed by atoms with Gasteiger partial charge in [0.25, 0.3) is 0 Å². The Morgan fingerprint density at radius 3 is 2.15 bits per heavy atom. The molecule has 0 radical (unpaired) electrons. The van der Waals surface area contributed by atoms with Gasteiger partial charge in [-0.3, -0.25) is 19.4 Å². The Hall–Kier alpha value is -4.79. The summed E-state index contributed by atoms with van der Waals surface area (Å²) >= 11 is 0. The molecule has 4 amide bonds. The van der Waals surface area contributed by atoms with E-state index in [0.29, 0.717) is 31.7 Å². The number of benzene rings is 1. The maximum Gasteiger partial charge on any atom is 0.326 e. The summed E-state index contributed by atoms with van der Waals surface area (Å²) in [5, 5.41) is 39.5. The van der Waals surface area contributed by atoms with Crippen LogP contribution in [0, 0.1) is 11.8 Å². The number of unbranched alkanes of at least 4 members (excludes halogenated alkanes) is 1. The van der Waals surface area contributed by atoms with E-state index in [2.05, 4.69) is 26.3 Å². The van der Waals surface area contributed by atoms with E-state index in [0.717, 1.165) is 29.2 Å². The highest BCUT2D eigenvalue weighted by atomic mass is 16.4. The molecule has 3 rings (SSSR count).